The number of hydrogen-bond acceptors (Lipinski definition) is 2. The van der Waals surface area contributed by atoms with Crippen molar-refractivity contribution in [3.8, 4) is 0 Å². The maximum absolute atomic E-state index is 13.2. The molecule has 2 rings (SSSR count). The average Bonchev–Trinajstić information content (AvgIpc) is 2.66. The molecule has 1 saturated carbocycles. The van der Waals surface area contributed by atoms with Crippen molar-refractivity contribution >= 4 is 11.6 Å². The van der Waals surface area contributed by atoms with Gasteiger partial charge in [0.2, 0.25) is 0 Å². The lowest BCUT2D eigenvalue weighted by Crippen LogP contribution is -2.39. The lowest BCUT2D eigenvalue weighted by Gasteiger charge is -2.31. The lowest BCUT2D eigenvalue weighted by molar-refractivity contribution is 0.0588. The first-order valence-corrected chi connectivity index (χ1v) is 6.27. The third-order valence-electron chi connectivity index (χ3n) is 3.82. The Balaban J connectivity index is 2.27. The molecule has 1 aromatic rings. The van der Waals surface area contributed by atoms with E-state index in [0.29, 0.717) is 18.0 Å². The fourth-order valence-corrected chi connectivity index (χ4v) is 2.88. The minimum absolute atomic E-state index is 0.302. The van der Waals surface area contributed by atoms with E-state index < -0.39 is 6.10 Å². The van der Waals surface area contributed by atoms with Crippen molar-refractivity contribution < 1.29 is 9.50 Å². The molecular formula is C13H17ClFNO. The predicted octanol–water partition coefficient (Wildman–Crippen LogP) is 2.51. The number of aliphatic hydroxyl groups is 1. The summed E-state index contributed by atoms with van der Waals surface area (Å²) in [5.41, 5.74) is 6.20. The highest BCUT2D eigenvalue weighted by molar-refractivity contribution is 6.31. The second-order valence-corrected chi connectivity index (χ2v) is 5.29. The Kier molecular flexibility index (Phi) is 3.71. The van der Waals surface area contributed by atoms with E-state index in [4.69, 9.17) is 17.3 Å². The Morgan fingerprint density at radius 3 is 2.88 bits per heavy atom. The quantitative estimate of drug-likeness (QED) is 0.874. The molecule has 1 fully saturated rings. The van der Waals surface area contributed by atoms with Gasteiger partial charge in [0.25, 0.3) is 0 Å². The number of halogens is 2. The second kappa shape index (κ2) is 4.92. The van der Waals surface area contributed by atoms with Gasteiger partial charge in [-0.1, -0.05) is 18.0 Å². The highest BCUT2D eigenvalue weighted by Gasteiger charge is 2.41. The molecular weight excluding hydrogens is 241 g/mol. The van der Waals surface area contributed by atoms with Crippen LogP contribution in [0.5, 0.6) is 0 Å². The van der Waals surface area contributed by atoms with Crippen molar-refractivity contribution in [1.82, 2.24) is 0 Å². The summed E-state index contributed by atoms with van der Waals surface area (Å²) in [6.45, 7) is 0.404. The van der Waals surface area contributed by atoms with Gasteiger partial charge in [-0.3, -0.25) is 0 Å². The van der Waals surface area contributed by atoms with Gasteiger partial charge in [-0.15, -0.1) is 0 Å². The summed E-state index contributed by atoms with van der Waals surface area (Å²) in [7, 11) is 0. The number of aliphatic hydroxyl groups excluding tert-OH is 1. The van der Waals surface area contributed by atoms with Crippen LogP contribution in [0.15, 0.2) is 18.2 Å². The average molecular weight is 258 g/mol. The smallest absolute Gasteiger partial charge is 0.123 e. The molecule has 0 aliphatic heterocycles. The van der Waals surface area contributed by atoms with Gasteiger partial charge in [0.15, 0.2) is 0 Å². The van der Waals surface area contributed by atoms with Crippen molar-refractivity contribution in [2.45, 2.75) is 31.8 Å². The van der Waals surface area contributed by atoms with Crippen LogP contribution >= 0.6 is 11.6 Å². The molecule has 0 saturated heterocycles. The normalized spacial score (nSPS) is 28.6. The first kappa shape index (κ1) is 12.8. The van der Waals surface area contributed by atoms with E-state index in [1.54, 1.807) is 6.07 Å². The zero-order valence-corrected chi connectivity index (χ0v) is 10.4. The summed E-state index contributed by atoms with van der Waals surface area (Å²) in [6.07, 6.45) is 2.74. The van der Waals surface area contributed by atoms with Gasteiger partial charge in [-0.25, -0.2) is 4.39 Å². The monoisotopic (exact) mass is 257 g/mol. The Hall–Kier alpha value is -0.640. The van der Waals surface area contributed by atoms with Gasteiger partial charge >= 0.3 is 0 Å². The molecule has 0 radical (unpaired) electrons. The fourth-order valence-electron chi connectivity index (χ4n) is 2.69. The molecule has 0 amide bonds. The van der Waals surface area contributed by atoms with Crippen LogP contribution in [-0.2, 0) is 6.42 Å². The van der Waals surface area contributed by atoms with E-state index in [2.05, 4.69) is 0 Å². The van der Waals surface area contributed by atoms with Crippen molar-refractivity contribution in [2.24, 2.45) is 11.1 Å². The van der Waals surface area contributed by atoms with Crippen molar-refractivity contribution in [1.29, 1.82) is 0 Å². The number of benzene rings is 1. The van der Waals surface area contributed by atoms with E-state index in [9.17, 15) is 9.50 Å². The number of nitrogens with two attached hydrogens (primary N) is 1. The molecule has 0 heterocycles. The summed E-state index contributed by atoms with van der Waals surface area (Å²) in [6, 6.07) is 4.33. The third kappa shape index (κ3) is 2.46. The summed E-state index contributed by atoms with van der Waals surface area (Å²) in [5, 5.41) is 10.6. The van der Waals surface area contributed by atoms with E-state index in [1.807, 2.05) is 0 Å². The fraction of sp³-hybridized carbons (Fsp3) is 0.538. The van der Waals surface area contributed by atoms with Crippen LogP contribution in [0.1, 0.15) is 24.8 Å². The third-order valence-corrected chi connectivity index (χ3v) is 4.18. The molecule has 17 heavy (non-hydrogen) atoms. The van der Waals surface area contributed by atoms with E-state index >= 15 is 0 Å². The standard InChI is InChI=1S/C13H17ClFNO/c14-11-4-3-10(15)6-9(11)7-13(8-16)5-1-2-12(13)17/h3-4,6,12,17H,1-2,5,7-8,16H2. The molecule has 0 bridgehead atoms. The minimum atomic E-state index is -0.410. The molecule has 1 aliphatic carbocycles. The van der Waals surface area contributed by atoms with Crippen LogP contribution in [-0.4, -0.2) is 17.8 Å². The largest absolute Gasteiger partial charge is 0.392 e. The molecule has 4 heteroatoms. The van der Waals surface area contributed by atoms with Gasteiger partial charge < -0.3 is 10.8 Å². The topological polar surface area (TPSA) is 46.2 Å². The van der Waals surface area contributed by atoms with Crippen LogP contribution in [0.4, 0.5) is 4.39 Å². The van der Waals surface area contributed by atoms with Gasteiger partial charge in [0.05, 0.1) is 6.10 Å². The maximum atomic E-state index is 13.2. The zero-order chi connectivity index (χ0) is 12.5. The van der Waals surface area contributed by atoms with E-state index in [0.717, 1.165) is 24.8 Å². The Morgan fingerprint density at radius 2 is 2.29 bits per heavy atom. The number of rotatable bonds is 3. The summed E-state index contributed by atoms with van der Waals surface area (Å²) in [4.78, 5) is 0. The van der Waals surface area contributed by atoms with Gasteiger partial charge in [0.1, 0.15) is 5.82 Å². The first-order chi connectivity index (χ1) is 8.07. The molecule has 2 unspecified atom stereocenters. The van der Waals surface area contributed by atoms with Gasteiger partial charge in [-0.05, 0) is 43.0 Å². The summed E-state index contributed by atoms with van der Waals surface area (Å²) < 4.78 is 13.2. The Bertz CT molecular complexity index is 412. The molecule has 3 N–H and O–H groups in total. The second-order valence-electron chi connectivity index (χ2n) is 4.89. The Labute approximate surface area is 106 Å². The molecule has 1 aliphatic rings. The first-order valence-electron chi connectivity index (χ1n) is 5.89. The lowest BCUT2D eigenvalue weighted by atomic mass is 9.78. The molecule has 0 aromatic heterocycles. The van der Waals surface area contributed by atoms with Gasteiger partial charge in [0, 0.05) is 17.0 Å². The van der Waals surface area contributed by atoms with Crippen molar-refractivity contribution in [2.75, 3.05) is 6.54 Å². The maximum Gasteiger partial charge on any atom is 0.123 e. The summed E-state index contributed by atoms with van der Waals surface area (Å²) >= 11 is 6.05. The van der Waals surface area contributed by atoms with E-state index in [-0.39, 0.29) is 11.2 Å². The molecule has 1 aromatic carbocycles. The van der Waals surface area contributed by atoms with E-state index in [1.165, 1.54) is 12.1 Å². The summed E-state index contributed by atoms with van der Waals surface area (Å²) in [5.74, 6) is -0.302. The zero-order valence-electron chi connectivity index (χ0n) is 9.63. The van der Waals surface area contributed by atoms with Crippen molar-refractivity contribution in [3.63, 3.8) is 0 Å². The molecule has 0 spiro atoms. The molecule has 2 nitrogen and oxygen atoms in total. The Morgan fingerprint density at radius 1 is 1.53 bits per heavy atom. The number of hydrogen-bond donors (Lipinski definition) is 2. The highest BCUT2D eigenvalue weighted by Crippen LogP contribution is 2.41. The van der Waals surface area contributed by atoms with Crippen LogP contribution in [0.3, 0.4) is 0 Å². The highest BCUT2D eigenvalue weighted by atomic mass is 35.5. The molecule has 94 valence electrons. The molecule has 2 atom stereocenters. The van der Waals surface area contributed by atoms with Crippen LogP contribution in [0.25, 0.3) is 0 Å². The van der Waals surface area contributed by atoms with Gasteiger partial charge in [-0.2, -0.15) is 0 Å². The predicted molar refractivity (Wildman–Crippen MR) is 66.5 cm³/mol. The minimum Gasteiger partial charge on any atom is -0.392 e. The van der Waals surface area contributed by atoms with Crippen LogP contribution < -0.4 is 5.73 Å². The van der Waals surface area contributed by atoms with Crippen LogP contribution in [0.2, 0.25) is 5.02 Å². The van der Waals surface area contributed by atoms with Crippen LogP contribution in [0, 0.1) is 11.2 Å². The SMILES string of the molecule is NCC1(Cc2cc(F)ccc2Cl)CCCC1O. The van der Waals surface area contributed by atoms with Crippen molar-refractivity contribution in [3.05, 3.63) is 34.6 Å².